The summed E-state index contributed by atoms with van der Waals surface area (Å²) in [6.07, 6.45) is 13.7. The van der Waals surface area contributed by atoms with Crippen LogP contribution in [0.15, 0.2) is 93.6 Å². The summed E-state index contributed by atoms with van der Waals surface area (Å²) >= 11 is 0. The van der Waals surface area contributed by atoms with Gasteiger partial charge in [-0.2, -0.15) is 0 Å². The van der Waals surface area contributed by atoms with E-state index in [4.69, 9.17) is 42.6 Å². The molecule has 0 N–H and O–H groups in total. The van der Waals surface area contributed by atoms with Crippen LogP contribution in [-0.4, -0.2) is 173 Å². The number of amidine groups is 1. The summed E-state index contributed by atoms with van der Waals surface area (Å²) in [5, 5.41) is 0. The quantitative estimate of drug-likeness (QED) is 0.0242. The largest absolute Gasteiger partial charge is 0.466 e. The molecule has 25 nitrogen and oxygen atoms in total. The van der Waals surface area contributed by atoms with E-state index in [2.05, 4.69) is 60.7 Å². The Hall–Kier alpha value is -8.64. The molecule has 514 valence electrons. The van der Waals surface area contributed by atoms with Gasteiger partial charge in [-0.15, -0.1) is 0 Å². The van der Waals surface area contributed by atoms with E-state index < -0.39 is 113 Å². The SMILES string of the molecule is C1CCC2=NCCCN2CC1.C=CC(=O)CCC(CC)(COC(=O)C=C)COC(=O)C=C.C=CC(=O)OCC(CC)(COC(=O)C=C)COC(=O)CCC(CCC(=O)OCC(CC)(COC(=O)C=C)COC(=O)C=C)(C(C)=O)C(=O)OCC.CCOC(=O)CC(C)=O. The molecule has 1 saturated heterocycles. The van der Waals surface area contributed by atoms with Crippen LogP contribution in [0.5, 0.6) is 0 Å². The average molecular weight is 1300 g/mol. The Morgan fingerprint density at radius 1 is 0.424 bits per heavy atom. The Labute approximate surface area is 541 Å². The van der Waals surface area contributed by atoms with Gasteiger partial charge in [0.05, 0.1) is 29.9 Å². The molecule has 0 radical (unpaired) electrons. The van der Waals surface area contributed by atoms with E-state index in [0.29, 0.717) is 19.4 Å². The zero-order chi connectivity index (χ0) is 70.2. The van der Waals surface area contributed by atoms with Gasteiger partial charge in [-0.05, 0) is 91.6 Å². The van der Waals surface area contributed by atoms with Gasteiger partial charge >= 0.3 is 59.7 Å². The van der Waals surface area contributed by atoms with Crippen molar-refractivity contribution >= 4 is 82.9 Å². The van der Waals surface area contributed by atoms with Gasteiger partial charge in [-0.25, -0.2) is 28.8 Å². The standard InChI is InChI=1S/C36H50O15.C16H22O5.C9H16N2.C6H10O3/c1-9-27(38)46-20-34(13-5,21-47-28(39)10-2)24-50-31(42)16-18-36(26(8)37,33(44)45-15-7)19-17-32(43)51-25-35(14-6,22-48-29(40)11-3)23-49-30(41)12-4;1-5-13(17)9-10-16(8-4,11-20-14(18)6-2)12-21-15(19)7-3;1-2-5-9-10-6-4-8-11(9)7-3-1;1-3-9-6(8)4-5(2)7/h9-12H,1-4,13-25H2,5-8H3;5-7H,1-3,8-12H2,4H3;1-8H2;3-4H2,1-2H3. The fraction of sp³-hybridized carbons (Fsp3) is 0.582. The third kappa shape index (κ3) is 35.7. The number of aliphatic imine (C=N–C) groups is 1. The molecule has 0 saturated carbocycles. The highest BCUT2D eigenvalue weighted by Gasteiger charge is 2.46. The Bertz CT molecular complexity index is 2370. The first kappa shape index (κ1) is 85.4. The second-order valence-electron chi connectivity index (χ2n) is 21.4. The lowest BCUT2D eigenvalue weighted by atomic mass is 9.75. The molecule has 0 aromatic rings. The minimum Gasteiger partial charge on any atom is -0.466 e. The number of carbonyl (C=O) groups is 13. The summed E-state index contributed by atoms with van der Waals surface area (Å²) in [6, 6.07) is 0. The zero-order valence-electron chi connectivity index (χ0n) is 55.1. The van der Waals surface area contributed by atoms with Crippen molar-refractivity contribution in [3.05, 3.63) is 88.6 Å². The topological polar surface area (TPSA) is 330 Å². The van der Waals surface area contributed by atoms with Gasteiger partial charge in [0.1, 0.15) is 76.3 Å². The van der Waals surface area contributed by atoms with E-state index in [1.165, 1.54) is 71.0 Å². The molecule has 0 aliphatic carbocycles. The average Bonchev–Trinajstić information content (AvgIpc) is 0.924. The van der Waals surface area contributed by atoms with Gasteiger partial charge < -0.3 is 52.3 Å². The summed E-state index contributed by atoms with van der Waals surface area (Å²) in [5.74, 6) is -6.74. The molecule has 0 spiro atoms. The van der Waals surface area contributed by atoms with Crippen molar-refractivity contribution in [1.29, 1.82) is 0 Å². The van der Waals surface area contributed by atoms with Crippen LogP contribution in [0.1, 0.15) is 145 Å². The van der Waals surface area contributed by atoms with Gasteiger partial charge in [0.25, 0.3) is 0 Å². The molecule has 2 aliphatic heterocycles. The van der Waals surface area contributed by atoms with Crippen molar-refractivity contribution in [2.24, 2.45) is 26.7 Å². The molecule has 0 aromatic heterocycles. The highest BCUT2D eigenvalue weighted by atomic mass is 16.6. The molecule has 25 heteroatoms. The molecule has 1 fully saturated rings. The van der Waals surface area contributed by atoms with Crippen molar-refractivity contribution in [1.82, 2.24) is 4.90 Å². The number of hydrogen-bond acceptors (Lipinski definition) is 25. The lowest BCUT2D eigenvalue weighted by molar-refractivity contribution is -0.163. The predicted octanol–water partition coefficient (Wildman–Crippen LogP) is 8.05. The monoisotopic (exact) mass is 1300 g/mol. The van der Waals surface area contributed by atoms with E-state index in [1.54, 1.807) is 20.8 Å². The lowest BCUT2D eigenvalue weighted by Crippen LogP contribution is -2.42. The second-order valence-corrected chi connectivity index (χ2v) is 21.4. The van der Waals surface area contributed by atoms with Crippen LogP contribution >= 0.6 is 0 Å². The van der Waals surface area contributed by atoms with Crippen LogP contribution in [0.2, 0.25) is 0 Å². The smallest absolute Gasteiger partial charge is 0.330 e. The van der Waals surface area contributed by atoms with Gasteiger partial charge in [-0.3, -0.25) is 38.6 Å². The minimum atomic E-state index is -1.93. The summed E-state index contributed by atoms with van der Waals surface area (Å²) in [7, 11) is 0. The van der Waals surface area contributed by atoms with Crippen LogP contribution in [0.3, 0.4) is 0 Å². The molecule has 2 rings (SSSR count). The van der Waals surface area contributed by atoms with Gasteiger partial charge in [-0.1, -0.05) is 73.2 Å². The summed E-state index contributed by atoms with van der Waals surface area (Å²) < 4.78 is 51.3. The summed E-state index contributed by atoms with van der Waals surface area (Å²) in [5.41, 5.74) is -4.83. The van der Waals surface area contributed by atoms with Crippen molar-refractivity contribution < 1.29 is 110 Å². The molecule has 0 aromatic carbocycles. The van der Waals surface area contributed by atoms with Crippen LogP contribution in [0, 0.1) is 21.7 Å². The van der Waals surface area contributed by atoms with Gasteiger partial charge in [0.15, 0.2) is 5.78 Å². The number of hydrogen-bond donors (Lipinski definition) is 0. The summed E-state index contributed by atoms with van der Waals surface area (Å²) in [4.78, 5) is 161. The zero-order valence-corrected chi connectivity index (χ0v) is 55.1. The van der Waals surface area contributed by atoms with Crippen LogP contribution < -0.4 is 0 Å². The first-order chi connectivity index (χ1) is 43.6. The Morgan fingerprint density at radius 2 is 0.793 bits per heavy atom. The maximum absolute atomic E-state index is 13.2. The molecule has 92 heavy (non-hydrogen) atoms. The number of ketones is 3. The molecular formula is C67H98N2O23. The number of esters is 10. The van der Waals surface area contributed by atoms with Crippen LogP contribution in [-0.2, 0) is 110 Å². The maximum Gasteiger partial charge on any atom is 0.330 e. The van der Waals surface area contributed by atoms with E-state index >= 15 is 0 Å². The number of allylic oxidation sites excluding steroid dienone is 1. The van der Waals surface area contributed by atoms with E-state index in [1.807, 2.05) is 6.92 Å². The normalized spacial score (nSPS) is 12.4. The summed E-state index contributed by atoms with van der Waals surface area (Å²) in [6.45, 7) is 36.4. The highest BCUT2D eigenvalue weighted by molar-refractivity contribution is 6.03. The van der Waals surface area contributed by atoms with Crippen molar-refractivity contribution in [3.8, 4) is 0 Å². The number of ether oxygens (including phenoxy) is 10. The van der Waals surface area contributed by atoms with E-state index in [-0.39, 0.29) is 96.7 Å². The molecule has 2 heterocycles. The molecule has 0 unspecified atom stereocenters. The number of Topliss-reactive ketones (excluding diaryl/α,β-unsaturated/α-hetero) is 2. The van der Waals surface area contributed by atoms with Gasteiger partial charge in [0.2, 0.25) is 0 Å². The Balaban J connectivity index is 0. The molecule has 0 bridgehead atoms. The molecule has 2 aliphatic rings. The fourth-order valence-corrected chi connectivity index (χ4v) is 8.31. The van der Waals surface area contributed by atoms with Crippen molar-refractivity contribution in [3.63, 3.8) is 0 Å². The predicted molar refractivity (Wildman–Crippen MR) is 339 cm³/mol. The van der Waals surface area contributed by atoms with Crippen molar-refractivity contribution in [2.75, 3.05) is 85.7 Å². The number of rotatable bonds is 41. The first-order valence-electron chi connectivity index (χ1n) is 30.5. The number of fused-ring (bicyclic) bond motifs is 1. The number of nitrogens with zero attached hydrogens (tertiary/aromatic N) is 2. The highest BCUT2D eigenvalue weighted by Crippen LogP contribution is 2.35. The maximum atomic E-state index is 13.2. The molecule has 0 atom stereocenters. The lowest BCUT2D eigenvalue weighted by Gasteiger charge is -2.32. The van der Waals surface area contributed by atoms with Crippen LogP contribution in [0.25, 0.3) is 0 Å². The second kappa shape index (κ2) is 48.2. The fourth-order valence-electron chi connectivity index (χ4n) is 8.31. The Kier molecular flexibility index (Phi) is 44.7. The van der Waals surface area contributed by atoms with Crippen molar-refractivity contribution in [2.45, 2.75) is 145 Å². The van der Waals surface area contributed by atoms with E-state index in [0.717, 1.165) is 49.9 Å². The molecular weight excluding hydrogens is 1200 g/mol. The first-order valence-corrected chi connectivity index (χ1v) is 30.5. The molecule has 0 amide bonds. The minimum absolute atomic E-state index is 0.0448. The third-order valence-electron chi connectivity index (χ3n) is 14.7. The number of carbonyl (C=O) groups excluding carboxylic acids is 13. The Morgan fingerprint density at radius 3 is 1.13 bits per heavy atom. The third-order valence-corrected chi connectivity index (χ3v) is 14.7. The van der Waals surface area contributed by atoms with Gasteiger partial charge in [0, 0.05) is 87.2 Å². The van der Waals surface area contributed by atoms with Crippen LogP contribution in [0.4, 0.5) is 0 Å². The van der Waals surface area contributed by atoms with E-state index in [9.17, 15) is 62.3 Å².